The van der Waals surface area contributed by atoms with Crippen molar-refractivity contribution in [3.63, 3.8) is 0 Å². The van der Waals surface area contributed by atoms with E-state index in [1.807, 2.05) is 6.92 Å². The monoisotopic (exact) mass is 394 g/mol. The predicted molar refractivity (Wildman–Crippen MR) is 105 cm³/mol. The molecule has 0 bridgehead atoms. The molecule has 0 saturated carbocycles. The first-order valence-electron chi connectivity index (χ1n) is 8.48. The minimum atomic E-state index is -3.46. The summed E-state index contributed by atoms with van der Waals surface area (Å²) in [4.78, 5) is 12.1. The highest BCUT2D eigenvalue weighted by atomic mass is 35.5. The summed E-state index contributed by atoms with van der Waals surface area (Å²) in [6.45, 7) is 2.27. The summed E-state index contributed by atoms with van der Waals surface area (Å²) in [7, 11) is -3.46. The van der Waals surface area contributed by atoms with E-state index in [-0.39, 0.29) is 10.8 Å². The third-order valence-electron chi connectivity index (χ3n) is 3.83. The Morgan fingerprint density at radius 1 is 0.962 bits per heavy atom. The molecule has 0 saturated heterocycles. The molecule has 2 aromatic rings. The van der Waals surface area contributed by atoms with Gasteiger partial charge in [0.2, 0.25) is 15.9 Å². The zero-order valence-corrected chi connectivity index (χ0v) is 16.2. The number of anilines is 1. The number of sulfonamides is 1. The van der Waals surface area contributed by atoms with Crippen molar-refractivity contribution in [1.82, 2.24) is 4.72 Å². The van der Waals surface area contributed by atoms with Gasteiger partial charge in [-0.15, -0.1) is 0 Å². The van der Waals surface area contributed by atoms with Gasteiger partial charge in [-0.05, 0) is 56.2 Å². The molecule has 0 aromatic heterocycles. The fraction of sp³-hybridized carbons (Fsp3) is 0.316. The van der Waals surface area contributed by atoms with Gasteiger partial charge in [-0.1, -0.05) is 35.7 Å². The second-order valence-corrected chi connectivity index (χ2v) is 8.28. The fourth-order valence-corrected chi connectivity index (χ4v) is 3.55. The van der Waals surface area contributed by atoms with Crippen LogP contribution in [-0.2, 0) is 14.8 Å². The number of halogens is 1. The van der Waals surface area contributed by atoms with Gasteiger partial charge in [-0.25, -0.2) is 13.1 Å². The Balaban J connectivity index is 1.63. The van der Waals surface area contributed by atoms with E-state index in [1.165, 1.54) is 0 Å². The van der Waals surface area contributed by atoms with Gasteiger partial charge >= 0.3 is 0 Å². The van der Waals surface area contributed by atoms with E-state index in [2.05, 4.69) is 10.0 Å². The van der Waals surface area contributed by atoms with Crippen LogP contribution in [0.3, 0.4) is 0 Å². The molecule has 0 aliphatic heterocycles. The molecule has 0 aliphatic carbocycles. The van der Waals surface area contributed by atoms with Crippen molar-refractivity contribution in [2.45, 2.75) is 37.5 Å². The Labute approximate surface area is 159 Å². The van der Waals surface area contributed by atoms with E-state index in [0.717, 1.165) is 12.0 Å². The molecule has 2 rings (SSSR count). The van der Waals surface area contributed by atoms with E-state index in [1.54, 1.807) is 48.5 Å². The summed E-state index contributed by atoms with van der Waals surface area (Å²) in [5.74, 6) is -0.0624. The average Bonchev–Trinajstić information content (AvgIpc) is 2.60. The molecule has 0 spiro atoms. The van der Waals surface area contributed by atoms with Crippen LogP contribution in [0, 0.1) is 6.92 Å². The smallest absolute Gasteiger partial charge is 0.240 e. The summed E-state index contributed by atoms with van der Waals surface area (Å²) in [6, 6.07) is 13.7. The molecule has 2 N–H and O–H groups in total. The molecule has 0 aliphatic rings. The van der Waals surface area contributed by atoms with Crippen LogP contribution >= 0.6 is 11.6 Å². The van der Waals surface area contributed by atoms with Gasteiger partial charge in [0, 0.05) is 23.7 Å². The van der Waals surface area contributed by atoms with E-state index < -0.39 is 10.0 Å². The van der Waals surface area contributed by atoms with Crippen molar-refractivity contribution in [3.8, 4) is 0 Å². The zero-order valence-electron chi connectivity index (χ0n) is 14.7. The number of unbranched alkanes of at least 4 members (excludes halogenated alkanes) is 2. The van der Waals surface area contributed by atoms with Gasteiger partial charge in [0.1, 0.15) is 0 Å². The first kappa shape index (κ1) is 20.4. The van der Waals surface area contributed by atoms with Gasteiger partial charge in [0.15, 0.2) is 0 Å². The van der Waals surface area contributed by atoms with Crippen LogP contribution in [0.25, 0.3) is 0 Å². The maximum absolute atomic E-state index is 12.1. The molecule has 140 valence electrons. The summed E-state index contributed by atoms with van der Waals surface area (Å²) in [5, 5.41) is 3.42. The Morgan fingerprint density at radius 2 is 1.62 bits per heavy atom. The highest BCUT2D eigenvalue weighted by Crippen LogP contribution is 2.14. The number of carbonyl (C=O) groups is 1. The molecule has 0 radical (unpaired) electrons. The summed E-state index contributed by atoms with van der Waals surface area (Å²) >= 11 is 5.80. The normalized spacial score (nSPS) is 11.3. The lowest BCUT2D eigenvalue weighted by atomic mass is 10.2. The lowest BCUT2D eigenvalue weighted by molar-refractivity contribution is -0.116. The largest absolute Gasteiger partial charge is 0.326 e. The number of hydrogen-bond donors (Lipinski definition) is 2. The Kier molecular flexibility index (Phi) is 7.63. The number of hydrogen-bond acceptors (Lipinski definition) is 3. The van der Waals surface area contributed by atoms with Crippen LogP contribution in [0.2, 0.25) is 5.02 Å². The van der Waals surface area contributed by atoms with Crippen LogP contribution in [-0.4, -0.2) is 20.9 Å². The van der Waals surface area contributed by atoms with Crippen LogP contribution in [0.1, 0.15) is 31.2 Å². The Hall–Kier alpha value is -1.89. The molecular weight excluding hydrogens is 372 g/mol. The summed E-state index contributed by atoms with van der Waals surface area (Å²) < 4.78 is 26.8. The first-order valence-corrected chi connectivity index (χ1v) is 10.3. The van der Waals surface area contributed by atoms with Crippen molar-refractivity contribution in [2.75, 3.05) is 11.9 Å². The molecule has 5 nitrogen and oxygen atoms in total. The first-order chi connectivity index (χ1) is 12.4. The maximum Gasteiger partial charge on any atom is 0.240 e. The number of rotatable bonds is 9. The van der Waals surface area contributed by atoms with E-state index in [4.69, 9.17) is 11.6 Å². The number of amides is 1. The molecule has 0 fully saturated rings. The lowest BCUT2D eigenvalue weighted by Gasteiger charge is -2.07. The quantitative estimate of drug-likeness (QED) is 0.628. The summed E-state index contributed by atoms with van der Waals surface area (Å²) in [5.41, 5.74) is 1.73. The van der Waals surface area contributed by atoms with Crippen molar-refractivity contribution in [3.05, 3.63) is 59.1 Å². The molecule has 7 heteroatoms. The summed E-state index contributed by atoms with van der Waals surface area (Å²) in [6.07, 6.45) is 2.54. The second kappa shape index (κ2) is 9.71. The Morgan fingerprint density at radius 3 is 2.27 bits per heavy atom. The molecule has 0 heterocycles. The molecule has 0 atom stereocenters. The van der Waals surface area contributed by atoms with Crippen LogP contribution in [0.4, 0.5) is 5.69 Å². The fourth-order valence-electron chi connectivity index (χ4n) is 2.35. The minimum Gasteiger partial charge on any atom is -0.326 e. The third kappa shape index (κ3) is 6.78. The van der Waals surface area contributed by atoms with E-state index in [9.17, 15) is 13.2 Å². The van der Waals surface area contributed by atoms with Gasteiger partial charge < -0.3 is 5.32 Å². The highest BCUT2D eigenvalue weighted by Gasteiger charge is 2.12. The van der Waals surface area contributed by atoms with Crippen LogP contribution in [0.15, 0.2) is 53.4 Å². The molecule has 1 amide bonds. The average molecular weight is 395 g/mol. The van der Waals surface area contributed by atoms with Gasteiger partial charge in [0.25, 0.3) is 0 Å². The second-order valence-electron chi connectivity index (χ2n) is 6.08. The predicted octanol–water partition coefficient (Wildman–Crippen LogP) is 4.13. The Bertz CT molecular complexity index is 819. The van der Waals surface area contributed by atoms with Crippen LogP contribution in [0.5, 0.6) is 0 Å². The van der Waals surface area contributed by atoms with Gasteiger partial charge in [0.05, 0.1) is 4.90 Å². The van der Waals surface area contributed by atoms with Crippen LogP contribution < -0.4 is 10.0 Å². The topological polar surface area (TPSA) is 75.3 Å². The minimum absolute atomic E-state index is 0.0624. The zero-order chi connectivity index (χ0) is 19.0. The molecule has 0 unspecified atom stereocenters. The molecule has 26 heavy (non-hydrogen) atoms. The third-order valence-corrected chi connectivity index (χ3v) is 5.56. The number of benzene rings is 2. The van der Waals surface area contributed by atoms with Crippen molar-refractivity contribution in [2.24, 2.45) is 0 Å². The molecule has 2 aromatic carbocycles. The lowest BCUT2D eigenvalue weighted by Crippen LogP contribution is -2.24. The maximum atomic E-state index is 12.1. The number of nitrogens with one attached hydrogen (secondary N) is 2. The van der Waals surface area contributed by atoms with Crippen molar-refractivity contribution in [1.29, 1.82) is 0 Å². The number of carbonyl (C=O) groups excluding carboxylic acids is 1. The van der Waals surface area contributed by atoms with E-state index in [0.29, 0.717) is 36.5 Å². The van der Waals surface area contributed by atoms with Gasteiger partial charge in [-0.2, -0.15) is 0 Å². The standard InChI is InChI=1S/C19H23ClN2O3S/c1-15-6-12-18(13-7-15)26(24,25)21-14-4-2-3-5-19(23)22-17-10-8-16(20)9-11-17/h6-13,21H,2-5,14H2,1H3,(H,22,23). The molecular formula is C19H23ClN2O3S. The van der Waals surface area contributed by atoms with E-state index >= 15 is 0 Å². The number of aryl methyl sites for hydroxylation is 1. The SMILES string of the molecule is Cc1ccc(S(=O)(=O)NCCCCCC(=O)Nc2ccc(Cl)cc2)cc1. The van der Waals surface area contributed by atoms with Gasteiger partial charge in [-0.3, -0.25) is 4.79 Å². The highest BCUT2D eigenvalue weighted by molar-refractivity contribution is 7.89. The van der Waals surface area contributed by atoms with Crippen molar-refractivity contribution < 1.29 is 13.2 Å². The van der Waals surface area contributed by atoms with Crippen molar-refractivity contribution >= 4 is 33.2 Å².